The molecule has 3 aromatic rings. The Hall–Kier alpha value is -3.37. The molecule has 2 aliphatic rings. The van der Waals surface area contributed by atoms with Crippen LogP contribution in [-0.2, 0) is 26.0 Å². The van der Waals surface area contributed by atoms with E-state index in [-0.39, 0.29) is 74.4 Å². The van der Waals surface area contributed by atoms with Crippen molar-refractivity contribution in [3.05, 3.63) is 86.8 Å². The third kappa shape index (κ3) is 8.38. The topological polar surface area (TPSA) is 138 Å². The van der Waals surface area contributed by atoms with Crippen molar-refractivity contribution in [1.82, 2.24) is 9.62 Å². The number of rotatable bonds is 13. The van der Waals surface area contributed by atoms with Crippen molar-refractivity contribution in [2.45, 2.75) is 42.2 Å². The molecule has 2 aromatic carbocycles. The lowest BCUT2D eigenvalue weighted by Gasteiger charge is -2.26. The molecule has 0 radical (unpaired) electrons. The van der Waals surface area contributed by atoms with Crippen molar-refractivity contribution in [3.8, 4) is 11.5 Å². The van der Waals surface area contributed by atoms with E-state index in [9.17, 15) is 32.0 Å². The monoisotopic (exact) mass is 731 g/mol. The van der Waals surface area contributed by atoms with Gasteiger partial charge in [0.05, 0.1) is 11.5 Å². The maximum atomic E-state index is 13.8. The average molecular weight is 733 g/mol. The Morgan fingerprint density at radius 2 is 1.85 bits per heavy atom. The largest absolute Gasteiger partial charge is 0.619 e. The predicted octanol–water partition coefficient (Wildman–Crippen LogP) is 4.97. The van der Waals surface area contributed by atoms with E-state index >= 15 is 0 Å². The standard InChI is InChI=1S/C30H29Cl2F2N3O8S2/c1-35-27(38)19-3-2-4-20(11-19)47(41,42)37-9-10-46-28(37)29(39)44-25(13-21-22(31)14-36(40)15-23(21)32)18-7-8-24(45-30(33)34)26(12-18)43-16-17-5-6-17/h2-4,7-8,11-12,14-15,17,25,28,30H,5-6,9-10,13,16H2,1H3,(H,35,38)/t25-,28-/m0/s1. The van der Waals surface area contributed by atoms with E-state index in [0.717, 1.165) is 41.3 Å². The average Bonchev–Trinajstić information content (AvgIpc) is 3.72. The number of benzene rings is 2. The van der Waals surface area contributed by atoms with Gasteiger partial charge in [-0.15, -0.1) is 11.8 Å². The zero-order valence-corrected chi connectivity index (χ0v) is 27.9. The lowest BCUT2D eigenvalue weighted by Crippen LogP contribution is -2.40. The Bertz CT molecular complexity index is 1740. The van der Waals surface area contributed by atoms with Crippen LogP contribution in [0.1, 0.15) is 40.4 Å². The van der Waals surface area contributed by atoms with Crippen LogP contribution in [-0.4, -0.2) is 62.5 Å². The number of hydrogen-bond acceptors (Lipinski definition) is 9. The van der Waals surface area contributed by atoms with Gasteiger partial charge in [0.1, 0.15) is 16.1 Å². The summed E-state index contributed by atoms with van der Waals surface area (Å²) in [5, 5.41) is 13.0. The second kappa shape index (κ2) is 14.8. The summed E-state index contributed by atoms with van der Waals surface area (Å²) in [5.74, 6) is -1.08. The number of esters is 1. The van der Waals surface area contributed by atoms with E-state index in [2.05, 4.69) is 10.1 Å². The predicted molar refractivity (Wildman–Crippen MR) is 169 cm³/mol. The maximum Gasteiger partial charge on any atom is 0.387 e. The second-order valence-corrected chi connectivity index (χ2v) is 14.6. The molecule has 2 fully saturated rings. The molecule has 47 heavy (non-hydrogen) atoms. The lowest BCUT2D eigenvalue weighted by atomic mass is 10.0. The minimum Gasteiger partial charge on any atom is -0.619 e. The summed E-state index contributed by atoms with van der Waals surface area (Å²) in [5.41, 5.74) is 0.656. The Morgan fingerprint density at radius 3 is 2.51 bits per heavy atom. The third-order valence-corrected chi connectivity index (χ3v) is 11.2. The SMILES string of the molecule is CNC(=O)c1cccc(S(=O)(=O)N2CCS[C@H]2C(=O)O[C@@H](Cc2c(Cl)c[n+]([O-])cc2Cl)c2ccc(OC(F)F)c(OCC3CC3)c2)c1. The number of halogens is 4. The number of thioether (sulfide) groups is 1. The first-order valence-corrected chi connectivity index (χ1v) is 17.6. The number of aromatic nitrogens is 1. The van der Waals surface area contributed by atoms with E-state index in [1.54, 1.807) is 0 Å². The first-order valence-electron chi connectivity index (χ1n) is 14.3. The zero-order valence-electron chi connectivity index (χ0n) is 24.7. The molecule has 0 spiro atoms. The Balaban J connectivity index is 1.47. The lowest BCUT2D eigenvalue weighted by molar-refractivity contribution is -0.605. The van der Waals surface area contributed by atoms with Crippen molar-refractivity contribution in [2.75, 3.05) is 26.0 Å². The highest BCUT2D eigenvalue weighted by molar-refractivity contribution is 8.02. The summed E-state index contributed by atoms with van der Waals surface area (Å²) in [6.07, 6.45) is 2.65. The summed E-state index contributed by atoms with van der Waals surface area (Å²) in [6, 6.07) is 9.48. The number of carbonyl (C=O) groups is 2. The van der Waals surface area contributed by atoms with Crippen LogP contribution >= 0.6 is 35.0 Å². The van der Waals surface area contributed by atoms with E-state index in [4.69, 9.17) is 32.7 Å². The van der Waals surface area contributed by atoms with Crippen LogP contribution < -0.4 is 19.5 Å². The fraction of sp³-hybridized carbons (Fsp3) is 0.367. The van der Waals surface area contributed by atoms with Gasteiger partial charge in [0.15, 0.2) is 29.3 Å². The number of pyridine rings is 1. The molecule has 0 bridgehead atoms. The number of amides is 1. The van der Waals surface area contributed by atoms with Crippen molar-refractivity contribution in [2.24, 2.45) is 5.92 Å². The summed E-state index contributed by atoms with van der Waals surface area (Å²) >= 11 is 13.7. The smallest absolute Gasteiger partial charge is 0.387 e. The van der Waals surface area contributed by atoms with Crippen LogP contribution in [0.4, 0.5) is 8.78 Å². The summed E-state index contributed by atoms with van der Waals surface area (Å²) in [6.45, 7) is -2.87. The minimum atomic E-state index is -4.26. The van der Waals surface area contributed by atoms with Gasteiger partial charge in [0.25, 0.3) is 5.91 Å². The van der Waals surface area contributed by atoms with Gasteiger partial charge in [-0.05, 0) is 54.7 Å². The molecule has 0 unspecified atom stereocenters. The Labute approximate surface area is 283 Å². The van der Waals surface area contributed by atoms with Crippen LogP contribution in [0.2, 0.25) is 10.0 Å². The van der Waals surface area contributed by atoms with Gasteiger partial charge in [-0.2, -0.15) is 17.8 Å². The van der Waals surface area contributed by atoms with Crippen LogP contribution in [0.15, 0.2) is 59.8 Å². The maximum absolute atomic E-state index is 13.8. The van der Waals surface area contributed by atoms with Gasteiger partial charge >= 0.3 is 12.6 Å². The van der Waals surface area contributed by atoms with Crippen LogP contribution in [0.3, 0.4) is 0 Å². The molecule has 1 amide bonds. The molecule has 1 aliphatic carbocycles. The highest BCUT2D eigenvalue weighted by Crippen LogP contribution is 2.39. The van der Waals surface area contributed by atoms with Gasteiger partial charge < -0.3 is 24.7 Å². The molecular formula is C30H29Cl2F2N3O8S2. The van der Waals surface area contributed by atoms with Crippen LogP contribution in [0, 0.1) is 11.1 Å². The Kier molecular flexibility index (Phi) is 11.0. The first-order chi connectivity index (χ1) is 22.4. The zero-order chi connectivity index (χ0) is 33.9. The number of carbonyl (C=O) groups excluding carboxylic acids is 2. The number of hydrogen-bond donors (Lipinski definition) is 1. The van der Waals surface area contributed by atoms with E-state index in [1.807, 2.05) is 0 Å². The Morgan fingerprint density at radius 1 is 1.13 bits per heavy atom. The van der Waals surface area contributed by atoms with Gasteiger partial charge in [0.2, 0.25) is 10.0 Å². The van der Waals surface area contributed by atoms with Crippen molar-refractivity contribution in [1.29, 1.82) is 0 Å². The van der Waals surface area contributed by atoms with E-state index in [0.29, 0.717) is 4.73 Å². The first kappa shape index (κ1) is 35.0. The molecule has 1 saturated carbocycles. The normalized spacial score (nSPS) is 17.4. The molecule has 1 saturated heterocycles. The molecule has 1 N–H and O–H groups in total. The number of alkyl halides is 2. The molecule has 5 rings (SSSR count). The molecule has 252 valence electrons. The molecule has 11 nitrogen and oxygen atoms in total. The van der Waals surface area contributed by atoms with Crippen molar-refractivity contribution >= 4 is 56.9 Å². The number of nitrogens with zero attached hydrogens (tertiary/aromatic N) is 2. The van der Waals surface area contributed by atoms with Crippen LogP contribution in [0.25, 0.3) is 0 Å². The van der Waals surface area contributed by atoms with Gasteiger partial charge in [-0.25, -0.2) is 13.2 Å². The highest BCUT2D eigenvalue weighted by atomic mass is 35.5. The summed E-state index contributed by atoms with van der Waals surface area (Å²) in [7, 11) is -2.85. The van der Waals surface area contributed by atoms with E-state index in [1.165, 1.54) is 49.5 Å². The number of nitrogens with one attached hydrogen (secondary N) is 1. The third-order valence-electron chi connectivity index (χ3n) is 7.41. The highest BCUT2D eigenvalue weighted by Gasteiger charge is 2.42. The van der Waals surface area contributed by atoms with Crippen molar-refractivity contribution < 1.29 is 45.7 Å². The van der Waals surface area contributed by atoms with Gasteiger partial charge in [-0.1, -0.05) is 35.3 Å². The quantitative estimate of drug-likeness (QED) is 0.147. The van der Waals surface area contributed by atoms with Crippen LogP contribution in [0.5, 0.6) is 11.5 Å². The minimum absolute atomic E-state index is 0.00570. The van der Waals surface area contributed by atoms with Crippen molar-refractivity contribution in [3.63, 3.8) is 0 Å². The van der Waals surface area contributed by atoms with Gasteiger partial charge in [-0.3, -0.25) is 4.79 Å². The van der Waals surface area contributed by atoms with Gasteiger partial charge in [0, 0.05) is 36.9 Å². The summed E-state index contributed by atoms with van der Waals surface area (Å²) in [4.78, 5) is 25.7. The molecule has 2 atom stereocenters. The molecule has 1 aliphatic heterocycles. The second-order valence-electron chi connectivity index (χ2n) is 10.7. The molecule has 17 heteroatoms. The van der Waals surface area contributed by atoms with E-state index < -0.39 is 40.0 Å². The summed E-state index contributed by atoms with van der Waals surface area (Å²) < 4.78 is 71.5. The fourth-order valence-corrected chi connectivity index (χ4v) is 8.52. The molecule has 1 aromatic heterocycles. The molecular weight excluding hydrogens is 703 g/mol. The molecule has 2 heterocycles. The number of ether oxygens (including phenoxy) is 3. The number of sulfonamides is 1. The fourth-order valence-electron chi connectivity index (χ4n) is 4.82.